The zero-order chi connectivity index (χ0) is 27.8. The van der Waals surface area contributed by atoms with E-state index < -0.39 is 74.1 Å². The molecule has 37 heavy (non-hydrogen) atoms. The second-order valence-electron chi connectivity index (χ2n) is 7.17. The van der Waals surface area contributed by atoms with Crippen molar-refractivity contribution in [1.29, 1.82) is 0 Å². The molecule has 0 fully saturated rings. The Morgan fingerprint density at radius 2 is 1.32 bits per heavy atom. The minimum absolute atomic E-state index is 0.0318. The number of rotatable bonds is 9. The summed E-state index contributed by atoms with van der Waals surface area (Å²) in [4.78, 5) is -1.81. The van der Waals surface area contributed by atoms with Gasteiger partial charge in [-0.1, -0.05) is 0 Å². The van der Waals surface area contributed by atoms with Crippen molar-refractivity contribution >= 4 is 62.6 Å². The highest BCUT2D eigenvalue weighted by atomic mass is 32.3. The molecule has 19 heteroatoms. The van der Waals surface area contributed by atoms with Crippen molar-refractivity contribution in [2.45, 2.75) is 14.7 Å². The van der Waals surface area contributed by atoms with Crippen LogP contribution in [0.5, 0.6) is 5.75 Å². The van der Waals surface area contributed by atoms with E-state index in [1.807, 2.05) is 0 Å². The molecule has 0 saturated heterocycles. The van der Waals surface area contributed by atoms with Gasteiger partial charge in [-0.05, 0) is 53.9 Å². The summed E-state index contributed by atoms with van der Waals surface area (Å²) in [6.07, 6.45) is 0. The van der Waals surface area contributed by atoms with Crippen LogP contribution in [0.25, 0.3) is 10.8 Å². The molecular formula is C18H16N2O13S4. The molecule has 0 aliphatic rings. The van der Waals surface area contributed by atoms with Crippen molar-refractivity contribution < 1.29 is 56.6 Å². The van der Waals surface area contributed by atoms with Gasteiger partial charge >= 0.3 is 10.4 Å². The van der Waals surface area contributed by atoms with E-state index in [0.29, 0.717) is 0 Å². The number of phenolic OH excluding ortho intramolecular Hbond substituents is 1. The maximum Gasteiger partial charge on any atom is 0.397 e. The first kappa shape index (κ1) is 28.5. The Kier molecular flexibility index (Phi) is 7.73. The Balaban J connectivity index is 1.98. The van der Waals surface area contributed by atoms with Crippen molar-refractivity contribution in [3.8, 4) is 5.75 Å². The van der Waals surface area contributed by atoms with E-state index in [9.17, 15) is 47.9 Å². The fraction of sp³-hybridized carbons (Fsp3) is 0.111. The summed E-state index contributed by atoms with van der Waals surface area (Å²) in [7, 11) is -18.5. The van der Waals surface area contributed by atoms with E-state index in [2.05, 4.69) is 14.4 Å². The molecule has 0 aliphatic heterocycles. The quantitative estimate of drug-likeness (QED) is 0.204. The molecule has 0 aromatic heterocycles. The van der Waals surface area contributed by atoms with Gasteiger partial charge in [0.2, 0.25) is 0 Å². The Bertz CT molecular complexity index is 1830. The van der Waals surface area contributed by atoms with Gasteiger partial charge in [0.25, 0.3) is 20.2 Å². The first-order valence-corrected chi connectivity index (χ1v) is 15.4. The second-order valence-corrected chi connectivity index (χ2v) is 13.2. The molecule has 200 valence electrons. The van der Waals surface area contributed by atoms with E-state index in [-0.39, 0.29) is 21.4 Å². The van der Waals surface area contributed by atoms with Crippen molar-refractivity contribution in [3.63, 3.8) is 0 Å². The summed E-state index contributed by atoms with van der Waals surface area (Å²) in [5.41, 5.74) is -0.746. The van der Waals surface area contributed by atoms with Crippen molar-refractivity contribution in [1.82, 2.24) is 0 Å². The number of azo groups is 1. The largest absolute Gasteiger partial charge is 0.505 e. The third-order valence-corrected chi connectivity index (χ3v) is 8.52. The fourth-order valence-corrected chi connectivity index (χ4v) is 5.64. The number of benzene rings is 3. The van der Waals surface area contributed by atoms with Gasteiger partial charge in [-0.15, -0.1) is 5.11 Å². The van der Waals surface area contributed by atoms with E-state index in [1.54, 1.807) is 0 Å². The standard InChI is InChI=1S/C18H16N2O13S4/c21-18-15-6-5-14(35(24,25)26)9-11(15)10-16(36(27,28)29)17(18)20-19-12-1-3-13(4-2-12)34(22,23)8-7-33-37(30,31)32/h1-6,9-10,21H,7-8H2,(H,24,25,26)(H,27,28,29)(H,30,31,32). The van der Waals surface area contributed by atoms with E-state index in [1.165, 1.54) is 0 Å². The number of fused-ring (bicyclic) bond motifs is 1. The van der Waals surface area contributed by atoms with Gasteiger partial charge in [0, 0.05) is 5.39 Å². The predicted octanol–water partition coefficient (Wildman–Crippen LogP) is 2.05. The molecule has 0 saturated carbocycles. The Hall–Kier alpha value is -3.04. The lowest BCUT2D eigenvalue weighted by molar-refractivity contribution is 0.284. The first-order chi connectivity index (χ1) is 16.9. The lowest BCUT2D eigenvalue weighted by Crippen LogP contribution is -2.15. The molecule has 3 aromatic rings. The molecule has 0 aliphatic carbocycles. The number of phenols is 1. The lowest BCUT2D eigenvalue weighted by atomic mass is 10.1. The van der Waals surface area contributed by atoms with Crippen LogP contribution in [-0.2, 0) is 44.7 Å². The lowest BCUT2D eigenvalue weighted by Gasteiger charge is -2.09. The van der Waals surface area contributed by atoms with Gasteiger partial charge in [-0.2, -0.15) is 30.4 Å². The van der Waals surface area contributed by atoms with Crippen LogP contribution in [0.2, 0.25) is 0 Å². The smallest absolute Gasteiger partial charge is 0.397 e. The third-order valence-electron chi connectivity index (χ3n) is 4.64. The molecule has 0 radical (unpaired) electrons. The number of sulfone groups is 1. The predicted molar refractivity (Wildman–Crippen MR) is 125 cm³/mol. The molecule has 0 bridgehead atoms. The molecule has 15 nitrogen and oxygen atoms in total. The number of aromatic hydroxyl groups is 1. The molecule has 0 heterocycles. The monoisotopic (exact) mass is 596 g/mol. The van der Waals surface area contributed by atoms with Gasteiger partial charge < -0.3 is 5.11 Å². The fourth-order valence-electron chi connectivity index (χ4n) is 2.98. The maximum absolute atomic E-state index is 12.2. The summed E-state index contributed by atoms with van der Waals surface area (Å²) >= 11 is 0. The minimum Gasteiger partial charge on any atom is -0.505 e. The van der Waals surface area contributed by atoms with Crippen LogP contribution in [0.15, 0.2) is 73.4 Å². The highest BCUT2D eigenvalue weighted by Crippen LogP contribution is 2.41. The SMILES string of the molecule is O=S(=O)(O)OCCS(=O)(=O)c1ccc(N=Nc2c(S(=O)(=O)O)cc3cc(S(=O)(=O)O)ccc3c2O)cc1. The minimum atomic E-state index is -5.02. The van der Waals surface area contributed by atoms with E-state index in [4.69, 9.17) is 4.55 Å². The average Bonchev–Trinajstić information content (AvgIpc) is 2.76. The molecular weight excluding hydrogens is 580 g/mol. The van der Waals surface area contributed by atoms with E-state index >= 15 is 0 Å². The van der Waals surface area contributed by atoms with Crippen LogP contribution in [0.1, 0.15) is 0 Å². The summed E-state index contributed by atoms with van der Waals surface area (Å²) in [6.45, 7) is -0.839. The molecule has 0 atom stereocenters. The van der Waals surface area contributed by atoms with Crippen molar-refractivity contribution in [2.24, 2.45) is 10.2 Å². The van der Waals surface area contributed by atoms with Crippen LogP contribution in [0.3, 0.4) is 0 Å². The summed E-state index contributed by atoms with van der Waals surface area (Å²) in [6, 6.07) is 8.08. The third kappa shape index (κ3) is 7.05. The summed E-state index contributed by atoms with van der Waals surface area (Å²) in [5.74, 6) is -1.58. The van der Waals surface area contributed by atoms with Crippen molar-refractivity contribution in [3.05, 3.63) is 48.5 Å². The Morgan fingerprint density at radius 1 is 0.730 bits per heavy atom. The Labute approximate surface area is 210 Å². The zero-order valence-electron chi connectivity index (χ0n) is 18.0. The van der Waals surface area contributed by atoms with Gasteiger partial charge in [0.05, 0.1) is 27.8 Å². The molecule has 4 N–H and O–H groups in total. The number of hydrogen-bond acceptors (Lipinski definition) is 12. The molecule has 0 amide bonds. The van der Waals surface area contributed by atoms with Gasteiger partial charge in [0.1, 0.15) is 10.6 Å². The first-order valence-electron chi connectivity index (χ1n) is 9.50. The number of hydrogen-bond donors (Lipinski definition) is 4. The van der Waals surface area contributed by atoms with Gasteiger partial charge in [-0.25, -0.2) is 12.6 Å². The topological polar surface area (TPSA) is 251 Å². The normalized spacial score (nSPS) is 13.4. The molecule has 3 rings (SSSR count). The maximum atomic E-state index is 12.2. The van der Waals surface area contributed by atoms with Crippen LogP contribution < -0.4 is 0 Å². The highest BCUT2D eigenvalue weighted by Gasteiger charge is 2.23. The van der Waals surface area contributed by atoms with E-state index in [0.717, 1.165) is 48.5 Å². The highest BCUT2D eigenvalue weighted by molar-refractivity contribution is 7.91. The van der Waals surface area contributed by atoms with Crippen LogP contribution in [0.4, 0.5) is 11.4 Å². The zero-order valence-corrected chi connectivity index (χ0v) is 21.3. The van der Waals surface area contributed by atoms with Crippen LogP contribution >= 0.6 is 0 Å². The van der Waals surface area contributed by atoms with Crippen LogP contribution in [0, 0.1) is 0 Å². The van der Waals surface area contributed by atoms with Gasteiger partial charge in [-0.3, -0.25) is 13.7 Å². The Morgan fingerprint density at radius 3 is 1.86 bits per heavy atom. The summed E-state index contributed by atoms with van der Waals surface area (Å²) < 4.78 is 123. The summed E-state index contributed by atoms with van der Waals surface area (Å²) in [5, 5.41) is 17.6. The average molecular weight is 597 g/mol. The molecule has 0 unspecified atom stereocenters. The molecule has 0 spiro atoms. The van der Waals surface area contributed by atoms with Crippen molar-refractivity contribution in [2.75, 3.05) is 12.4 Å². The number of nitrogens with zero attached hydrogens (tertiary/aromatic N) is 2. The second kappa shape index (κ2) is 10.0. The van der Waals surface area contributed by atoms with Crippen LogP contribution in [-0.4, -0.2) is 64.8 Å². The molecule has 3 aromatic carbocycles. The van der Waals surface area contributed by atoms with Gasteiger partial charge in [0.15, 0.2) is 15.6 Å².